The average Bonchev–Trinajstić information content (AvgIpc) is 3.65. The van der Waals surface area contributed by atoms with E-state index in [1.165, 1.54) is 12.8 Å². The second-order valence-corrected chi connectivity index (χ2v) is 9.69. The maximum absolute atomic E-state index is 13.3. The molecule has 2 aromatic rings. The van der Waals surface area contributed by atoms with Gasteiger partial charge in [0.2, 0.25) is 5.91 Å². The zero-order chi connectivity index (χ0) is 24.1. The number of nitrogens with zero attached hydrogens (tertiary/aromatic N) is 3. The molecular formula is C26H33ClN4O3. The average molecular weight is 485 g/mol. The first-order chi connectivity index (χ1) is 16.4. The fraction of sp³-hybridized carbons (Fsp3) is 0.462. The summed E-state index contributed by atoms with van der Waals surface area (Å²) in [6.07, 6.45) is 2.36. The number of fused-ring (bicyclic) bond motifs is 1. The summed E-state index contributed by atoms with van der Waals surface area (Å²) in [5.41, 5.74) is 2.05. The molecule has 2 aromatic carbocycles. The van der Waals surface area contributed by atoms with Crippen molar-refractivity contribution in [3.63, 3.8) is 0 Å². The molecular weight excluding hydrogens is 452 g/mol. The molecule has 0 bridgehead atoms. The molecule has 182 valence electrons. The Morgan fingerprint density at radius 2 is 1.94 bits per heavy atom. The van der Waals surface area contributed by atoms with Gasteiger partial charge in [-0.05, 0) is 56.6 Å². The zero-order valence-electron chi connectivity index (χ0n) is 19.9. The van der Waals surface area contributed by atoms with E-state index in [9.17, 15) is 9.59 Å². The van der Waals surface area contributed by atoms with Gasteiger partial charge in [0.15, 0.2) is 0 Å². The summed E-state index contributed by atoms with van der Waals surface area (Å²) in [4.78, 5) is 32.3. The topological polar surface area (TPSA) is 65.1 Å². The van der Waals surface area contributed by atoms with Gasteiger partial charge in [-0.1, -0.05) is 35.9 Å². The van der Waals surface area contributed by atoms with E-state index < -0.39 is 0 Å². The Kier molecular flexibility index (Phi) is 7.95. The molecule has 7 nitrogen and oxygen atoms in total. The van der Waals surface area contributed by atoms with Crippen molar-refractivity contribution in [2.75, 3.05) is 58.7 Å². The van der Waals surface area contributed by atoms with Gasteiger partial charge in [-0.3, -0.25) is 9.59 Å². The third-order valence-electron chi connectivity index (χ3n) is 6.24. The molecule has 2 amide bonds. The quantitative estimate of drug-likeness (QED) is 0.558. The molecule has 0 unspecified atom stereocenters. The first kappa shape index (κ1) is 24.4. The molecule has 0 aromatic heterocycles. The van der Waals surface area contributed by atoms with Crippen molar-refractivity contribution in [1.29, 1.82) is 0 Å². The van der Waals surface area contributed by atoms with Crippen LogP contribution in [0.1, 0.15) is 28.8 Å². The van der Waals surface area contributed by atoms with E-state index >= 15 is 0 Å². The molecule has 1 aliphatic heterocycles. The summed E-state index contributed by atoms with van der Waals surface area (Å²) in [6.45, 7) is 3.64. The van der Waals surface area contributed by atoms with Crippen LogP contribution in [0.5, 0.6) is 5.75 Å². The third-order valence-corrected chi connectivity index (χ3v) is 6.61. The van der Waals surface area contributed by atoms with Crippen molar-refractivity contribution in [1.82, 2.24) is 14.7 Å². The standard InChI is InChI=1S/C26H33ClN4O3/c1-29(2)12-13-30(18-20-6-3-4-7-21(20)27)24(32)16-28-22-8-5-9-23-25(22)26(33)31(14-15-34-23)17-19-10-11-19/h3-9,19,28H,10-18H2,1-2H3. The molecule has 8 heteroatoms. The lowest BCUT2D eigenvalue weighted by Gasteiger charge is -2.26. The van der Waals surface area contributed by atoms with Crippen LogP contribution < -0.4 is 10.1 Å². The number of halogens is 1. The molecule has 1 aliphatic carbocycles. The van der Waals surface area contributed by atoms with E-state index in [4.69, 9.17) is 16.3 Å². The summed E-state index contributed by atoms with van der Waals surface area (Å²) in [7, 11) is 3.96. The van der Waals surface area contributed by atoms with Gasteiger partial charge in [0.05, 0.1) is 18.8 Å². The highest BCUT2D eigenvalue weighted by molar-refractivity contribution is 6.31. The summed E-state index contributed by atoms with van der Waals surface area (Å²) >= 11 is 6.35. The largest absolute Gasteiger partial charge is 0.491 e. The monoisotopic (exact) mass is 484 g/mol. The molecule has 0 spiro atoms. The van der Waals surface area contributed by atoms with Gasteiger partial charge in [-0.25, -0.2) is 0 Å². The van der Waals surface area contributed by atoms with Crippen LogP contribution in [0.4, 0.5) is 5.69 Å². The van der Waals surface area contributed by atoms with E-state index in [0.717, 1.165) is 18.7 Å². The van der Waals surface area contributed by atoms with Crippen LogP contribution in [0, 0.1) is 5.92 Å². The van der Waals surface area contributed by atoms with Crippen LogP contribution in [0.15, 0.2) is 42.5 Å². The van der Waals surface area contributed by atoms with Gasteiger partial charge in [-0.15, -0.1) is 0 Å². The Morgan fingerprint density at radius 1 is 1.15 bits per heavy atom. The van der Waals surface area contributed by atoms with Crippen molar-refractivity contribution in [3.05, 3.63) is 58.6 Å². The first-order valence-electron chi connectivity index (χ1n) is 11.9. The maximum atomic E-state index is 13.3. The summed E-state index contributed by atoms with van der Waals surface area (Å²) in [6, 6.07) is 13.1. The number of likely N-dealkylation sites (N-methyl/N-ethyl adjacent to an activating group) is 1. The molecule has 4 rings (SSSR count). The fourth-order valence-corrected chi connectivity index (χ4v) is 4.25. The smallest absolute Gasteiger partial charge is 0.259 e. The summed E-state index contributed by atoms with van der Waals surface area (Å²) < 4.78 is 5.89. The van der Waals surface area contributed by atoms with Crippen molar-refractivity contribution in [3.8, 4) is 5.75 Å². The van der Waals surface area contributed by atoms with Crippen LogP contribution in [0.3, 0.4) is 0 Å². The fourth-order valence-electron chi connectivity index (χ4n) is 4.06. The lowest BCUT2D eigenvalue weighted by Crippen LogP contribution is -2.39. The molecule has 1 fully saturated rings. The Morgan fingerprint density at radius 3 is 2.68 bits per heavy atom. The van der Waals surface area contributed by atoms with E-state index in [1.807, 2.05) is 66.4 Å². The second-order valence-electron chi connectivity index (χ2n) is 9.29. The highest BCUT2D eigenvalue weighted by Gasteiger charge is 2.31. The zero-order valence-corrected chi connectivity index (χ0v) is 20.7. The van der Waals surface area contributed by atoms with Crippen LogP contribution in [0.25, 0.3) is 0 Å². The molecule has 0 saturated heterocycles. The van der Waals surface area contributed by atoms with E-state index in [2.05, 4.69) is 5.32 Å². The minimum Gasteiger partial charge on any atom is -0.491 e. The highest BCUT2D eigenvalue weighted by atomic mass is 35.5. The number of benzene rings is 2. The molecule has 1 saturated carbocycles. The van der Waals surface area contributed by atoms with Crippen LogP contribution in [-0.2, 0) is 11.3 Å². The Hall–Kier alpha value is -2.77. The van der Waals surface area contributed by atoms with E-state index in [0.29, 0.717) is 54.2 Å². The number of amides is 2. The van der Waals surface area contributed by atoms with E-state index in [1.54, 1.807) is 4.90 Å². The number of ether oxygens (including phenoxy) is 1. The summed E-state index contributed by atoms with van der Waals surface area (Å²) in [5.74, 6) is 1.08. The highest BCUT2D eigenvalue weighted by Crippen LogP contribution is 2.34. The predicted octanol–water partition coefficient (Wildman–Crippen LogP) is 3.59. The third kappa shape index (κ3) is 6.21. The van der Waals surface area contributed by atoms with Gasteiger partial charge < -0.3 is 24.8 Å². The number of anilines is 1. The second kappa shape index (κ2) is 11.1. The number of nitrogens with one attached hydrogen (secondary N) is 1. The van der Waals surface area contributed by atoms with Gasteiger partial charge in [0.25, 0.3) is 5.91 Å². The molecule has 0 radical (unpaired) electrons. The van der Waals surface area contributed by atoms with Gasteiger partial charge in [-0.2, -0.15) is 0 Å². The Balaban J connectivity index is 1.48. The maximum Gasteiger partial charge on any atom is 0.259 e. The van der Waals surface area contributed by atoms with Gasteiger partial charge >= 0.3 is 0 Å². The number of carbonyl (C=O) groups excluding carboxylic acids is 2. The van der Waals surface area contributed by atoms with Gasteiger partial charge in [0, 0.05) is 31.2 Å². The molecule has 34 heavy (non-hydrogen) atoms. The lowest BCUT2D eigenvalue weighted by molar-refractivity contribution is -0.130. The minimum absolute atomic E-state index is 0.0320. The molecule has 2 aliphatic rings. The number of rotatable bonds is 10. The van der Waals surface area contributed by atoms with Crippen LogP contribution in [-0.4, -0.2) is 79.9 Å². The SMILES string of the molecule is CN(C)CCN(Cc1ccccc1Cl)C(=O)CNc1cccc2c1C(=O)N(CC1CC1)CCO2. The lowest BCUT2D eigenvalue weighted by atomic mass is 10.1. The molecule has 1 heterocycles. The number of hydrogen-bond donors (Lipinski definition) is 1. The van der Waals surface area contributed by atoms with Crippen molar-refractivity contribution >= 4 is 29.1 Å². The minimum atomic E-state index is -0.0591. The summed E-state index contributed by atoms with van der Waals surface area (Å²) in [5, 5.41) is 3.87. The Bertz CT molecular complexity index is 1020. The molecule has 0 atom stereocenters. The predicted molar refractivity (Wildman–Crippen MR) is 134 cm³/mol. The van der Waals surface area contributed by atoms with Crippen molar-refractivity contribution in [2.45, 2.75) is 19.4 Å². The van der Waals surface area contributed by atoms with Crippen molar-refractivity contribution in [2.24, 2.45) is 5.92 Å². The van der Waals surface area contributed by atoms with Gasteiger partial charge in [0.1, 0.15) is 17.9 Å². The Labute approximate surface area is 206 Å². The van der Waals surface area contributed by atoms with E-state index in [-0.39, 0.29) is 18.4 Å². The number of hydrogen-bond acceptors (Lipinski definition) is 5. The van der Waals surface area contributed by atoms with Crippen LogP contribution >= 0.6 is 11.6 Å². The van der Waals surface area contributed by atoms with Crippen LogP contribution in [0.2, 0.25) is 5.02 Å². The first-order valence-corrected chi connectivity index (χ1v) is 12.2. The normalized spacial score (nSPS) is 15.5. The molecule has 1 N–H and O–H groups in total. The number of carbonyl (C=O) groups is 2. The van der Waals surface area contributed by atoms with Crippen molar-refractivity contribution < 1.29 is 14.3 Å².